The normalized spacial score (nSPS) is 11.0. The monoisotopic (exact) mass is 351 g/mol. The molecule has 0 unspecified atom stereocenters. The first kappa shape index (κ1) is 16.1. The number of hydrogen-bond donors (Lipinski definition) is 2. The predicted octanol–water partition coefficient (Wildman–Crippen LogP) is 2.52. The van der Waals surface area contributed by atoms with Crippen LogP contribution in [-0.2, 0) is 6.54 Å². The van der Waals surface area contributed by atoms with E-state index >= 15 is 0 Å². The summed E-state index contributed by atoms with van der Waals surface area (Å²) in [7, 11) is 1.71. The lowest BCUT2D eigenvalue weighted by molar-refractivity contribution is 0.624. The number of nitrogens with one attached hydrogen (secondary N) is 2. The molecule has 0 fully saturated rings. The van der Waals surface area contributed by atoms with Gasteiger partial charge in [-0.2, -0.15) is 0 Å². The summed E-state index contributed by atoms with van der Waals surface area (Å²) in [5.74, 6) is 0.505. The van der Waals surface area contributed by atoms with E-state index in [1.807, 2.05) is 19.9 Å². The van der Waals surface area contributed by atoms with Crippen LogP contribution >= 0.6 is 24.0 Å². The summed E-state index contributed by atoms with van der Waals surface area (Å²) in [5, 5.41) is 6.28. The Morgan fingerprint density at radius 1 is 1.41 bits per heavy atom. The molecular formula is C12H19FIN3. The first-order valence-electron chi connectivity index (χ1n) is 5.33. The minimum absolute atomic E-state index is 0. The summed E-state index contributed by atoms with van der Waals surface area (Å²) in [4.78, 5) is 4.07. The molecule has 1 rings (SSSR count). The lowest BCUT2D eigenvalue weighted by Crippen LogP contribution is -2.40. The topological polar surface area (TPSA) is 36.4 Å². The number of rotatable bonds is 3. The van der Waals surface area contributed by atoms with Crippen molar-refractivity contribution < 1.29 is 4.39 Å². The van der Waals surface area contributed by atoms with Gasteiger partial charge in [-0.3, -0.25) is 4.99 Å². The van der Waals surface area contributed by atoms with Crippen molar-refractivity contribution in [2.24, 2.45) is 4.99 Å². The van der Waals surface area contributed by atoms with Crippen LogP contribution in [0.3, 0.4) is 0 Å². The maximum Gasteiger partial charge on any atom is 0.191 e. The van der Waals surface area contributed by atoms with Crippen molar-refractivity contribution in [1.29, 1.82) is 0 Å². The van der Waals surface area contributed by atoms with Gasteiger partial charge in [0.1, 0.15) is 5.82 Å². The van der Waals surface area contributed by atoms with Crippen molar-refractivity contribution in [3.63, 3.8) is 0 Å². The third kappa shape index (κ3) is 6.45. The fourth-order valence-corrected chi connectivity index (χ4v) is 1.30. The fourth-order valence-electron chi connectivity index (χ4n) is 1.30. The number of halogens is 2. The van der Waals surface area contributed by atoms with Crippen molar-refractivity contribution in [2.45, 2.75) is 26.4 Å². The zero-order valence-electron chi connectivity index (χ0n) is 10.3. The van der Waals surface area contributed by atoms with Crippen LogP contribution in [0, 0.1) is 5.82 Å². The van der Waals surface area contributed by atoms with E-state index in [1.165, 1.54) is 12.1 Å². The van der Waals surface area contributed by atoms with Crippen molar-refractivity contribution in [3.8, 4) is 0 Å². The molecule has 0 aliphatic carbocycles. The van der Waals surface area contributed by atoms with Gasteiger partial charge in [-0.15, -0.1) is 24.0 Å². The van der Waals surface area contributed by atoms with Gasteiger partial charge in [0, 0.05) is 19.6 Å². The Morgan fingerprint density at radius 3 is 2.65 bits per heavy atom. The van der Waals surface area contributed by atoms with Crippen molar-refractivity contribution in [2.75, 3.05) is 7.05 Å². The van der Waals surface area contributed by atoms with E-state index in [0.29, 0.717) is 12.6 Å². The van der Waals surface area contributed by atoms with Crippen molar-refractivity contribution in [1.82, 2.24) is 10.6 Å². The van der Waals surface area contributed by atoms with Gasteiger partial charge in [0.05, 0.1) is 0 Å². The van der Waals surface area contributed by atoms with E-state index < -0.39 is 0 Å². The third-order valence-corrected chi connectivity index (χ3v) is 2.00. The molecule has 0 aromatic heterocycles. The molecule has 3 nitrogen and oxygen atoms in total. The SMILES string of the molecule is CN=C(NCc1cccc(F)c1)NC(C)C.I. The van der Waals surface area contributed by atoms with Gasteiger partial charge in [-0.1, -0.05) is 12.1 Å². The summed E-state index contributed by atoms with van der Waals surface area (Å²) in [6, 6.07) is 6.84. The molecule has 0 saturated carbocycles. The number of nitrogens with zero attached hydrogens (tertiary/aromatic N) is 1. The van der Waals surface area contributed by atoms with Crippen LogP contribution in [0.15, 0.2) is 29.3 Å². The van der Waals surface area contributed by atoms with Crippen LogP contribution in [0.1, 0.15) is 19.4 Å². The Kier molecular flexibility index (Phi) is 7.86. The smallest absolute Gasteiger partial charge is 0.191 e. The molecule has 0 radical (unpaired) electrons. The highest BCUT2D eigenvalue weighted by atomic mass is 127. The van der Waals surface area contributed by atoms with Crippen molar-refractivity contribution >= 4 is 29.9 Å². The van der Waals surface area contributed by atoms with Gasteiger partial charge in [0.25, 0.3) is 0 Å². The Hall–Kier alpha value is -0.850. The molecule has 0 saturated heterocycles. The zero-order chi connectivity index (χ0) is 12.0. The predicted molar refractivity (Wildman–Crippen MR) is 80.3 cm³/mol. The lowest BCUT2D eigenvalue weighted by atomic mass is 10.2. The van der Waals surface area contributed by atoms with Gasteiger partial charge in [-0.05, 0) is 31.5 Å². The molecule has 1 aromatic rings. The highest BCUT2D eigenvalue weighted by molar-refractivity contribution is 14.0. The second kappa shape index (κ2) is 8.27. The molecular weight excluding hydrogens is 332 g/mol. The lowest BCUT2D eigenvalue weighted by Gasteiger charge is -2.14. The maximum absolute atomic E-state index is 12.9. The second-order valence-corrected chi connectivity index (χ2v) is 3.85. The van der Waals surface area contributed by atoms with Gasteiger partial charge in [0.15, 0.2) is 5.96 Å². The van der Waals surface area contributed by atoms with Gasteiger partial charge in [0.2, 0.25) is 0 Å². The number of aliphatic imine (C=N–C) groups is 1. The van der Waals surface area contributed by atoms with Crippen LogP contribution in [-0.4, -0.2) is 19.0 Å². The molecule has 0 amide bonds. The Bertz CT molecular complexity index is 367. The average Bonchev–Trinajstić information content (AvgIpc) is 2.24. The first-order valence-corrected chi connectivity index (χ1v) is 5.33. The largest absolute Gasteiger partial charge is 0.354 e. The Morgan fingerprint density at radius 2 is 2.12 bits per heavy atom. The van der Waals surface area contributed by atoms with Crippen LogP contribution < -0.4 is 10.6 Å². The summed E-state index contributed by atoms with van der Waals surface area (Å²) in [6.07, 6.45) is 0. The van der Waals surface area contributed by atoms with Gasteiger partial charge >= 0.3 is 0 Å². The molecule has 1 aromatic carbocycles. The fraction of sp³-hybridized carbons (Fsp3) is 0.417. The van der Waals surface area contributed by atoms with Crippen LogP contribution in [0.2, 0.25) is 0 Å². The number of hydrogen-bond acceptors (Lipinski definition) is 1. The summed E-state index contributed by atoms with van der Waals surface area (Å²) in [5.41, 5.74) is 0.895. The summed E-state index contributed by atoms with van der Waals surface area (Å²) in [6.45, 7) is 4.63. The quantitative estimate of drug-likeness (QED) is 0.499. The molecule has 0 atom stereocenters. The molecule has 5 heteroatoms. The third-order valence-electron chi connectivity index (χ3n) is 2.00. The van der Waals surface area contributed by atoms with E-state index in [0.717, 1.165) is 11.5 Å². The van der Waals surface area contributed by atoms with E-state index in [1.54, 1.807) is 13.1 Å². The summed E-state index contributed by atoms with van der Waals surface area (Å²) < 4.78 is 12.9. The van der Waals surface area contributed by atoms with Gasteiger partial charge < -0.3 is 10.6 Å². The van der Waals surface area contributed by atoms with E-state index in [9.17, 15) is 4.39 Å². The molecule has 0 aliphatic heterocycles. The zero-order valence-corrected chi connectivity index (χ0v) is 12.7. The minimum Gasteiger partial charge on any atom is -0.354 e. The van der Waals surface area contributed by atoms with Crippen molar-refractivity contribution in [3.05, 3.63) is 35.6 Å². The van der Waals surface area contributed by atoms with E-state index in [4.69, 9.17) is 0 Å². The van der Waals surface area contributed by atoms with Crippen LogP contribution in [0.4, 0.5) is 4.39 Å². The minimum atomic E-state index is -0.217. The molecule has 0 aliphatic rings. The Balaban J connectivity index is 0.00000256. The molecule has 96 valence electrons. The van der Waals surface area contributed by atoms with Crippen LogP contribution in [0.25, 0.3) is 0 Å². The molecule has 0 bridgehead atoms. The van der Waals surface area contributed by atoms with E-state index in [2.05, 4.69) is 15.6 Å². The second-order valence-electron chi connectivity index (χ2n) is 3.85. The van der Waals surface area contributed by atoms with Crippen LogP contribution in [0.5, 0.6) is 0 Å². The number of benzene rings is 1. The molecule has 0 heterocycles. The van der Waals surface area contributed by atoms with Gasteiger partial charge in [-0.25, -0.2) is 4.39 Å². The first-order chi connectivity index (χ1) is 7.61. The number of guanidine groups is 1. The summed E-state index contributed by atoms with van der Waals surface area (Å²) >= 11 is 0. The highest BCUT2D eigenvalue weighted by Crippen LogP contribution is 2.02. The highest BCUT2D eigenvalue weighted by Gasteiger charge is 2.00. The Labute approximate surface area is 119 Å². The maximum atomic E-state index is 12.9. The standard InChI is InChI=1S/C12H18FN3.HI/c1-9(2)16-12(14-3)15-8-10-5-4-6-11(13)7-10;/h4-7,9H,8H2,1-3H3,(H2,14,15,16);1H. The molecule has 17 heavy (non-hydrogen) atoms. The average molecular weight is 351 g/mol. The molecule has 2 N–H and O–H groups in total. The molecule has 0 spiro atoms. The van der Waals surface area contributed by atoms with E-state index in [-0.39, 0.29) is 29.8 Å².